The highest BCUT2D eigenvalue weighted by molar-refractivity contribution is 7.26. The lowest BCUT2D eigenvalue weighted by Gasteiger charge is -2.33. The largest absolute Gasteiger partial charge is 0.305 e. The predicted octanol–water partition coefficient (Wildman–Crippen LogP) is 12.3. The van der Waals surface area contributed by atoms with Crippen LogP contribution in [0.2, 0.25) is 0 Å². The van der Waals surface area contributed by atoms with Crippen LogP contribution in [0.4, 0.5) is 17.1 Å². The zero-order valence-corrected chi connectivity index (χ0v) is 25.1. The first kappa shape index (κ1) is 24.8. The van der Waals surface area contributed by atoms with Crippen LogP contribution in [0.3, 0.4) is 0 Å². The summed E-state index contributed by atoms with van der Waals surface area (Å²) < 4.78 is 5.11. The Balaban J connectivity index is 1.22. The van der Waals surface area contributed by atoms with Crippen molar-refractivity contribution in [2.45, 2.75) is 0 Å². The van der Waals surface area contributed by atoms with Crippen LogP contribution in [0.25, 0.3) is 69.9 Å². The minimum absolute atomic E-state index is 1.19. The Hall–Kier alpha value is -5.64. The fourth-order valence-corrected chi connectivity index (χ4v) is 8.52. The number of benzene rings is 7. The third-order valence-corrected chi connectivity index (χ3v) is 10.5. The molecule has 0 atom stereocenters. The summed E-state index contributed by atoms with van der Waals surface area (Å²) in [6, 6.07) is 57.6. The Labute approximate surface area is 264 Å². The summed E-state index contributed by atoms with van der Waals surface area (Å²) in [5.41, 5.74) is 12.2. The number of thiophene rings is 1. The monoisotopic (exact) mass is 590 g/mol. The van der Waals surface area contributed by atoms with Crippen LogP contribution < -0.4 is 4.90 Å². The van der Waals surface area contributed by atoms with Gasteiger partial charge in [0.25, 0.3) is 0 Å². The number of nitrogens with zero attached hydrogens (tertiary/aromatic N) is 2. The summed E-state index contributed by atoms with van der Waals surface area (Å²) in [6.07, 6.45) is 0. The fourth-order valence-electron chi connectivity index (χ4n) is 7.31. The van der Waals surface area contributed by atoms with Gasteiger partial charge in [-0.05, 0) is 70.8 Å². The van der Waals surface area contributed by atoms with E-state index in [1.54, 1.807) is 0 Å². The summed E-state index contributed by atoms with van der Waals surface area (Å²) in [4.78, 5) is 2.48. The maximum absolute atomic E-state index is 2.48. The third kappa shape index (κ3) is 3.56. The molecule has 45 heavy (non-hydrogen) atoms. The number of rotatable bonds is 3. The minimum Gasteiger partial charge on any atom is -0.305 e. The number of hydrogen-bond acceptors (Lipinski definition) is 2. The molecule has 0 unspecified atom stereocenters. The second-order valence-electron chi connectivity index (χ2n) is 11.8. The Bertz CT molecular complexity index is 2610. The third-order valence-electron chi connectivity index (χ3n) is 9.30. The molecule has 1 aliphatic heterocycles. The van der Waals surface area contributed by atoms with Crippen molar-refractivity contribution >= 4 is 70.4 Å². The van der Waals surface area contributed by atoms with Gasteiger partial charge in [0.05, 0.1) is 38.5 Å². The smallest absolute Gasteiger partial charge is 0.0783 e. The Morgan fingerprint density at radius 3 is 1.89 bits per heavy atom. The van der Waals surface area contributed by atoms with Gasteiger partial charge in [-0.2, -0.15) is 0 Å². The van der Waals surface area contributed by atoms with Gasteiger partial charge >= 0.3 is 0 Å². The molecule has 9 aromatic rings. The molecular formula is C42H26N2S. The van der Waals surface area contributed by atoms with Crippen LogP contribution in [0, 0.1) is 0 Å². The van der Waals surface area contributed by atoms with E-state index in [4.69, 9.17) is 0 Å². The Kier molecular flexibility index (Phi) is 5.19. The normalized spacial score (nSPS) is 12.4. The number of aromatic nitrogens is 1. The first-order chi connectivity index (χ1) is 22.3. The van der Waals surface area contributed by atoms with E-state index >= 15 is 0 Å². The summed E-state index contributed by atoms with van der Waals surface area (Å²) in [7, 11) is 0. The molecule has 0 saturated carbocycles. The molecule has 3 heteroatoms. The summed E-state index contributed by atoms with van der Waals surface area (Å²) in [5, 5.41) is 5.17. The van der Waals surface area contributed by atoms with Crippen molar-refractivity contribution < 1.29 is 0 Å². The van der Waals surface area contributed by atoms with E-state index < -0.39 is 0 Å². The average molecular weight is 591 g/mol. The summed E-state index contributed by atoms with van der Waals surface area (Å²) in [5.74, 6) is 0. The van der Waals surface area contributed by atoms with Gasteiger partial charge in [-0.25, -0.2) is 0 Å². The highest BCUT2D eigenvalue weighted by Crippen LogP contribution is 2.52. The molecule has 0 amide bonds. The van der Waals surface area contributed by atoms with Crippen LogP contribution >= 0.6 is 11.3 Å². The molecule has 0 radical (unpaired) electrons. The van der Waals surface area contributed by atoms with Gasteiger partial charge in [0.15, 0.2) is 0 Å². The standard InChI is InChI=1S/C42H26N2S/c1-2-11-27(12-3-1)28-13-8-14-29(25-28)30-23-24-35-34(26-30)32-16-9-20-38-41(32)44(35)37-19-6-5-18-36(37)43(38)39-21-10-17-33-31-15-4-7-22-40(31)45-42(33)39/h1-26H. The van der Waals surface area contributed by atoms with Crippen LogP contribution in [0.1, 0.15) is 0 Å². The molecule has 210 valence electrons. The van der Waals surface area contributed by atoms with Gasteiger partial charge in [0.2, 0.25) is 0 Å². The maximum atomic E-state index is 2.48. The molecule has 3 heterocycles. The molecule has 0 saturated heterocycles. The lowest BCUT2D eigenvalue weighted by molar-refractivity contribution is 1.12. The van der Waals surface area contributed by atoms with Gasteiger partial charge in [0, 0.05) is 26.2 Å². The first-order valence-corrected chi connectivity index (χ1v) is 16.2. The molecule has 7 aromatic carbocycles. The lowest BCUT2D eigenvalue weighted by atomic mass is 9.98. The molecule has 0 bridgehead atoms. The summed E-state index contributed by atoms with van der Waals surface area (Å²) >= 11 is 1.88. The van der Waals surface area contributed by atoms with Crippen LogP contribution in [0.15, 0.2) is 158 Å². The van der Waals surface area contributed by atoms with E-state index in [0.29, 0.717) is 0 Å². The van der Waals surface area contributed by atoms with Crippen molar-refractivity contribution in [2.24, 2.45) is 0 Å². The van der Waals surface area contributed by atoms with Crippen molar-refractivity contribution in [1.29, 1.82) is 0 Å². The maximum Gasteiger partial charge on any atom is 0.0783 e. The van der Waals surface area contributed by atoms with Gasteiger partial charge in [-0.15, -0.1) is 11.3 Å². The van der Waals surface area contributed by atoms with E-state index in [9.17, 15) is 0 Å². The molecule has 10 rings (SSSR count). The van der Waals surface area contributed by atoms with Crippen molar-refractivity contribution in [3.63, 3.8) is 0 Å². The van der Waals surface area contributed by atoms with E-state index in [1.807, 2.05) is 11.3 Å². The van der Waals surface area contributed by atoms with E-state index in [2.05, 4.69) is 167 Å². The quantitative estimate of drug-likeness (QED) is 0.199. The average Bonchev–Trinajstić information content (AvgIpc) is 3.66. The predicted molar refractivity (Wildman–Crippen MR) is 193 cm³/mol. The van der Waals surface area contributed by atoms with Gasteiger partial charge in [-0.3, -0.25) is 0 Å². The van der Waals surface area contributed by atoms with E-state index in [1.165, 1.54) is 87.0 Å². The molecule has 0 N–H and O–H groups in total. The number of fused-ring (bicyclic) bond motifs is 8. The molecule has 2 aromatic heterocycles. The van der Waals surface area contributed by atoms with Crippen LogP contribution in [-0.2, 0) is 0 Å². The molecule has 0 spiro atoms. The zero-order valence-electron chi connectivity index (χ0n) is 24.3. The fraction of sp³-hybridized carbons (Fsp3) is 0. The van der Waals surface area contributed by atoms with Gasteiger partial charge < -0.3 is 9.47 Å². The van der Waals surface area contributed by atoms with Gasteiger partial charge in [0.1, 0.15) is 0 Å². The van der Waals surface area contributed by atoms with Crippen molar-refractivity contribution in [1.82, 2.24) is 4.57 Å². The van der Waals surface area contributed by atoms with Crippen molar-refractivity contribution in [2.75, 3.05) is 4.90 Å². The first-order valence-electron chi connectivity index (χ1n) is 15.4. The lowest BCUT2D eigenvalue weighted by Crippen LogP contribution is -2.18. The molecule has 2 nitrogen and oxygen atoms in total. The van der Waals surface area contributed by atoms with Gasteiger partial charge in [-0.1, -0.05) is 109 Å². The minimum atomic E-state index is 1.19. The molecule has 1 aliphatic rings. The van der Waals surface area contributed by atoms with E-state index in [-0.39, 0.29) is 0 Å². The van der Waals surface area contributed by atoms with Crippen LogP contribution in [0.5, 0.6) is 0 Å². The topological polar surface area (TPSA) is 8.17 Å². The Morgan fingerprint density at radius 1 is 0.378 bits per heavy atom. The molecule has 0 aliphatic carbocycles. The highest BCUT2D eigenvalue weighted by Gasteiger charge is 2.29. The highest BCUT2D eigenvalue weighted by atomic mass is 32.1. The SMILES string of the molecule is c1ccc(-c2cccc(-c3ccc4c(c3)c3cccc5c3n4-c3ccccc3N5c3cccc4c3sc3ccccc34)c2)cc1. The van der Waals surface area contributed by atoms with Crippen LogP contribution in [-0.4, -0.2) is 4.57 Å². The number of para-hydroxylation sites is 3. The second kappa shape index (κ2) is 9.43. The summed E-state index contributed by atoms with van der Waals surface area (Å²) in [6.45, 7) is 0. The van der Waals surface area contributed by atoms with E-state index in [0.717, 1.165) is 0 Å². The molecule has 0 fully saturated rings. The Morgan fingerprint density at radius 2 is 1.00 bits per heavy atom. The number of hydrogen-bond donors (Lipinski definition) is 0. The van der Waals surface area contributed by atoms with Crippen molar-refractivity contribution in [3.8, 4) is 27.9 Å². The number of anilines is 3. The molecular weight excluding hydrogens is 565 g/mol. The zero-order chi connectivity index (χ0) is 29.5. The van der Waals surface area contributed by atoms with Crippen molar-refractivity contribution in [3.05, 3.63) is 158 Å². The second-order valence-corrected chi connectivity index (χ2v) is 12.8.